The smallest absolute Gasteiger partial charge is 0.357 e. The maximum Gasteiger partial charge on any atom is 0.357 e. The van der Waals surface area contributed by atoms with Crippen LogP contribution in [0.4, 0.5) is 15.8 Å². The van der Waals surface area contributed by atoms with Crippen LogP contribution in [-0.4, -0.2) is 22.1 Å². The summed E-state index contributed by atoms with van der Waals surface area (Å²) in [4.78, 5) is 17.2. The summed E-state index contributed by atoms with van der Waals surface area (Å²) in [6, 6.07) is 16.6. The van der Waals surface area contributed by atoms with E-state index in [2.05, 4.69) is 32.9 Å². The second-order valence-corrected chi connectivity index (χ2v) is 7.90. The van der Waals surface area contributed by atoms with Crippen LogP contribution in [0.25, 0.3) is 10.9 Å². The number of ether oxygens (including phenoxy) is 1. The fourth-order valence-electron chi connectivity index (χ4n) is 3.39. The van der Waals surface area contributed by atoms with E-state index >= 15 is 0 Å². The molecule has 4 aromatic rings. The van der Waals surface area contributed by atoms with Gasteiger partial charge in [-0.05, 0) is 59.3 Å². The summed E-state index contributed by atoms with van der Waals surface area (Å²) in [6.07, 6.45) is 3.35. The highest BCUT2D eigenvalue weighted by atomic mass is 127. The molecule has 0 spiro atoms. The second kappa shape index (κ2) is 8.83. The molecule has 0 aliphatic carbocycles. The Hall–Kier alpha value is -2.94. The van der Waals surface area contributed by atoms with Crippen molar-refractivity contribution in [2.24, 2.45) is 0 Å². The average Bonchev–Trinajstić information content (AvgIpc) is 3.04. The lowest BCUT2D eigenvalue weighted by Crippen LogP contribution is -2.14. The molecule has 4 rings (SSSR count). The summed E-state index contributed by atoms with van der Waals surface area (Å²) in [7, 11) is 0. The molecule has 0 unspecified atom stereocenters. The third kappa shape index (κ3) is 4.02. The fraction of sp³-hybridized carbons (Fsp3) is 0.130. The highest BCUT2D eigenvalue weighted by molar-refractivity contribution is 14.1. The van der Waals surface area contributed by atoms with Crippen molar-refractivity contribution in [1.82, 2.24) is 9.55 Å². The number of pyridine rings is 1. The number of esters is 1. The lowest BCUT2D eigenvalue weighted by molar-refractivity contribution is 0.0516. The number of hydrogen-bond donors (Lipinski definition) is 1. The van der Waals surface area contributed by atoms with Gasteiger partial charge in [-0.2, -0.15) is 0 Å². The van der Waals surface area contributed by atoms with E-state index in [0.717, 1.165) is 20.0 Å². The number of anilines is 2. The molecule has 1 N–H and O–H groups in total. The van der Waals surface area contributed by atoms with Gasteiger partial charge < -0.3 is 14.6 Å². The van der Waals surface area contributed by atoms with E-state index in [4.69, 9.17) is 4.74 Å². The molecule has 2 aromatic heterocycles. The van der Waals surface area contributed by atoms with Crippen molar-refractivity contribution in [3.63, 3.8) is 0 Å². The van der Waals surface area contributed by atoms with E-state index in [1.807, 2.05) is 41.0 Å². The SMILES string of the molecule is CCOC(=O)c1c(Nc2ccc(I)cc2F)c2cnccc2n1Cc1ccccc1. The molecule has 7 heteroatoms. The van der Waals surface area contributed by atoms with Gasteiger partial charge in [-0.1, -0.05) is 30.3 Å². The molecular weight excluding hydrogens is 496 g/mol. The van der Waals surface area contributed by atoms with Gasteiger partial charge in [-0.15, -0.1) is 0 Å². The second-order valence-electron chi connectivity index (χ2n) is 6.66. The van der Waals surface area contributed by atoms with Gasteiger partial charge in [0, 0.05) is 27.9 Å². The topological polar surface area (TPSA) is 56.1 Å². The minimum absolute atomic E-state index is 0.237. The Morgan fingerprint density at radius 2 is 2.00 bits per heavy atom. The number of nitrogens with zero attached hydrogens (tertiary/aromatic N) is 2. The van der Waals surface area contributed by atoms with E-state index in [1.165, 1.54) is 6.07 Å². The predicted octanol–water partition coefficient (Wildman–Crippen LogP) is 5.75. The number of aromatic nitrogens is 2. The van der Waals surface area contributed by atoms with E-state index in [-0.39, 0.29) is 12.3 Å². The van der Waals surface area contributed by atoms with Crippen LogP contribution in [0.5, 0.6) is 0 Å². The van der Waals surface area contributed by atoms with Crippen molar-refractivity contribution >= 4 is 50.8 Å². The molecule has 0 fully saturated rings. The van der Waals surface area contributed by atoms with Crippen LogP contribution in [0, 0.1) is 9.39 Å². The Morgan fingerprint density at radius 1 is 1.20 bits per heavy atom. The molecule has 0 bridgehead atoms. The van der Waals surface area contributed by atoms with Gasteiger partial charge in [-0.3, -0.25) is 4.98 Å². The quantitative estimate of drug-likeness (QED) is 0.263. The highest BCUT2D eigenvalue weighted by Crippen LogP contribution is 2.35. The first kappa shape index (κ1) is 20.3. The summed E-state index contributed by atoms with van der Waals surface area (Å²) in [5.74, 6) is -0.873. The number of carbonyl (C=O) groups is 1. The first-order valence-electron chi connectivity index (χ1n) is 9.47. The van der Waals surface area contributed by atoms with Gasteiger partial charge in [0.2, 0.25) is 0 Å². The third-order valence-electron chi connectivity index (χ3n) is 4.71. The van der Waals surface area contributed by atoms with Crippen LogP contribution < -0.4 is 5.32 Å². The first-order valence-corrected chi connectivity index (χ1v) is 10.6. The Bertz CT molecular complexity index is 1210. The number of halogens is 2. The molecule has 2 heterocycles. The van der Waals surface area contributed by atoms with Crippen LogP contribution in [-0.2, 0) is 11.3 Å². The largest absolute Gasteiger partial charge is 0.461 e. The van der Waals surface area contributed by atoms with Gasteiger partial charge in [0.15, 0.2) is 5.69 Å². The monoisotopic (exact) mass is 515 g/mol. The minimum Gasteiger partial charge on any atom is -0.461 e. The molecule has 0 amide bonds. The van der Waals surface area contributed by atoms with E-state index in [9.17, 15) is 9.18 Å². The minimum atomic E-state index is -0.474. The molecule has 5 nitrogen and oxygen atoms in total. The van der Waals surface area contributed by atoms with E-state index < -0.39 is 11.8 Å². The molecule has 0 saturated carbocycles. The summed E-state index contributed by atoms with van der Waals surface area (Å²) in [6.45, 7) is 2.46. The number of benzene rings is 2. The van der Waals surface area contributed by atoms with Crippen LogP contribution in [0.2, 0.25) is 0 Å². The van der Waals surface area contributed by atoms with E-state index in [0.29, 0.717) is 17.9 Å². The van der Waals surface area contributed by atoms with Gasteiger partial charge in [-0.25, -0.2) is 9.18 Å². The normalized spacial score (nSPS) is 10.9. The molecule has 152 valence electrons. The number of fused-ring (bicyclic) bond motifs is 1. The number of carbonyl (C=O) groups excluding carboxylic acids is 1. The molecule has 0 aliphatic heterocycles. The molecule has 0 saturated heterocycles. The van der Waals surface area contributed by atoms with E-state index in [1.54, 1.807) is 31.5 Å². The molecule has 2 aromatic carbocycles. The summed E-state index contributed by atoms with van der Waals surface area (Å²) < 4.78 is 22.6. The van der Waals surface area contributed by atoms with Gasteiger partial charge >= 0.3 is 5.97 Å². The van der Waals surface area contributed by atoms with Crippen molar-refractivity contribution in [1.29, 1.82) is 0 Å². The number of rotatable bonds is 6. The lowest BCUT2D eigenvalue weighted by atomic mass is 10.2. The van der Waals surface area contributed by atoms with Crippen LogP contribution in [0.3, 0.4) is 0 Å². The Morgan fingerprint density at radius 3 is 2.73 bits per heavy atom. The van der Waals surface area contributed by atoms with Gasteiger partial charge in [0.1, 0.15) is 5.82 Å². The maximum absolute atomic E-state index is 14.6. The molecule has 0 aliphatic rings. The van der Waals surface area contributed by atoms with Crippen molar-refractivity contribution in [2.45, 2.75) is 13.5 Å². The molecule has 0 radical (unpaired) electrons. The number of hydrogen-bond acceptors (Lipinski definition) is 4. The number of nitrogens with one attached hydrogen (secondary N) is 1. The zero-order valence-electron chi connectivity index (χ0n) is 16.2. The predicted molar refractivity (Wildman–Crippen MR) is 124 cm³/mol. The Balaban J connectivity index is 1.91. The van der Waals surface area contributed by atoms with Crippen molar-refractivity contribution in [2.75, 3.05) is 11.9 Å². The van der Waals surface area contributed by atoms with Gasteiger partial charge in [0.25, 0.3) is 0 Å². The summed E-state index contributed by atoms with van der Waals surface area (Å²) >= 11 is 2.06. The zero-order chi connectivity index (χ0) is 21.1. The lowest BCUT2D eigenvalue weighted by Gasteiger charge is -2.13. The Kier molecular flexibility index (Phi) is 5.98. The maximum atomic E-state index is 14.6. The van der Waals surface area contributed by atoms with Gasteiger partial charge in [0.05, 0.1) is 23.5 Å². The molecule has 30 heavy (non-hydrogen) atoms. The standard InChI is InChI=1S/C23H19FIN3O2/c1-2-30-23(29)22-21(27-19-9-8-16(25)12-18(19)24)17-13-26-11-10-20(17)28(22)14-15-6-4-3-5-7-15/h3-13,27H,2,14H2,1H3. The summed E-state index contributed by atoms with van der Waals surface area (Å²) in [5, 5.41) is 3.83. The first-order chi connectivity index (χ1) is 14.6. The third-order valence-corrected chi connectivity index (χ3v) is 5.38. The average molecular weight is 515 g/mol. The summed E-state index contributed by atoms with van der Waals surface area (Å²) in [5.41, 5.74) is 2.94. The van der Waals surface area contributed by atoms with Crippen LogP contribution in [0.15, 0.2) is 67.0 Å². The van der Waals surface area contributed by atoms with Crippen molar-refractivity contribution < 1.29 is 13.9 Å². The highest BCUT2D eigenvalue weighted by Gasteiger charge is 2.25. The zero-order valence-corrected chi connectivity index (χ0v) is 18.4. The molecular formula is C23H19FIN3O2. The van der Waals surface area contributed by atoms with Crippen molar-refractivity contribution in [3.8, 4) is 0 Å². The van der Waals surface area contributed by atoms with Crippen molar-refractivity contribution in [3.05, 3.63) is 87.6 Å². The van der Waals surface area contributed by atoms with Crippen LogP contribution in [0.1, 0.15) is 23.0 Å². The van der Waals surface area contributed by atoms with Crippen LogP contribution >= 0.6 is 22.6 Å². The Labute approximate surface area is 187 Å². The molecule has 0 atom stereocenters. The fourth-order valence-corrected chi connectivity index (χ4v) is 3.85.